The third kappa shape index (κ3) is 3.62. The van der Waals surface area contributed by atoms with Gasteiger partial charge in [0.1, 0.15) is 0 Å². The second-order valence-electron chi connectivity index (χ2n) is 4.62. The van der Waals surface area contributed by atoms with E-state index in [1.54, 1.807) is 18.2 Å². The van der Waals surface area contributed by atoms with E-state index in [2.05, 4.69) is 21.2 Å². The zero-order valence-electron chi connectivity index (χ0n) is 9.76. The predicted octanol–water partition coefficient (Wildman–Crippen LogP) is 4.29. The number of hydrogen-bond acceptors (Lipinski definition) is 1. The molecule has 98 valence electrons. The molecule has 0 heterocycles. The number of amides is 1. The molecule has 18 heavy (non-hydrogen) atoms. The lowest BCUT2D eigenvalue weighted by molar-refractivity contribution is 0.0947. The zero-order chi connectivity index (χ0) is 13.1. The van der Waals surface area contributed by atoms with Crippen LogP contribution < -0.4 is 5.32 Å². The Bertz CT molecular complexity index is 453. The SMILES string of the molecule is O=C(NCC1CCC(Br)C1)c1ccc(Cl)c(Cl)c1. The Labute approximate surface area is 125 Å². The van der Waals surface area contributed by atoms with Crippen molar-refractivity contribution in [3.63, 3.8) is 0 Å². The summed E-state index contributed by atoms with van der Waals surface area (Å²) in [5, 5.41) is 3.82. The second-order valence-corrected chi connectivity index (χ2v) is 6.72. The van der Waals surface area contributed by atoms with Crippen LogP contribution in [0.25, 0.3) is 0 Å². The van der Waals surface area contributed by atoms with Crippen LogP contribution in [-0.2, 0) is 0 Å². The highest BCUT2D eigenvalue weighted by atomic mass is 79.9. The van der Waals surface area contributed by atoms with Crippen LogP contribution in [0.1, 0.15) is 29.6 Å². The summed E-state index contributed by atoms with van der Waals surface area (Å²) in [4.78, 5) is 12.5. The van der Waals surface area contributed by atoms with Gasteiger partial charge in [-0.3, -0.25) is 4.79 Å². The van der Waals surface area contributed by atoms with Gasteiger partial charge in [0.15, 0.2) is 0 Å². The van der Waals surface area contributed by atoms with Crippen LogP contribution in [-0.4, -0.2) is 17.3 Å². The molecule has 0 bridgehead atoms. The van der Waals surface area contributed by atoms with E-state index in [-0.39, 0.29) is 5.91 Å². The van der Waals surface area contributed by atoms with Crippen molar-refractivity contribution in [2.75, 3.05) is 6.54 Å². The van der Waals surface area contributed by atoms with Crippen LogP contribution >= 0.6 is 39.1 Å². The van der Waals surface area contributed by atoms with Crippen LogP contribution in [0.3, 0.4) is 0 Å². The third-order valence-electron chi connectivity index (χ3n) is 3.21. The minimum atomic E-state index is -0.0911. The lowest BCUT2D eigenvalue weighted by atomic mass is 10.1. The summed E-state index contributed by atoms with van der Waals surface area (Å²) in [6, 6.07) is 4.93. The van der Waals surface area contributed by atoms with Crippen LogP contribution in [0.15, 0.2) is 18.2 Å². The van der Waals surface area contributed by atoms with Crippen molar-refractivity contribution in [2.45, 2.75) is 24.1 Å². The van der Waals surface area contributed by atoms with Crippen LogP contribution in [0, 0.1) is 5.92 Å². The second kappa shape index (κ2) is 6.27. The Morgan fingerprint density at radius 2 is 2.11 bits per heavy atom. The Balaban J connectivity index is 1.89. The van der Waals surface area contributed by atoms with E-state index in [4.69, 9.17) is 23.2 Å². The minimum Gasteiger partial charge on any atom is -0.352 e. The number of carbonyl (C=O) groups is 1. The van der Waals surface area contributed by atoms with Crippen LogP contribution in [0.4, 0.5) is 0 Å². The highest BCUT2D eigenvalue weighted by Crippen LogP contribution is 2.30. The van der Waals surface area contributed by atoms with Crippen LogP contribution in [0.5, 0.6) is 0 Å². The highest BCUT2D eigenvalue weighted by molar-refractivity contribution is 9.09. The van der Waals surface area contributed by atoms with E-state index < -0.39 is 0 Å². The smallest absolute Gasteiger partial charge is 0.251 e. The van der Waals surface area contributed by atoms with Gasteiger partial charge in [-0.05, 0) is 43.4 Å². The fraction of sp³-hybridized carbons (Fsp3) is 0.462. The van der Waals surface area contributed by atoms with Gasteiger partial charge in [0.2, 0.25) is 0 Å². The molecule has 0 aromatic heterocycles. The van der Waals surface area contributed by atoms with Crippen molar-refractivity contribution in [1.82, 2.24) is 5.32 Å². The molecule has 0 aliphatic heterocycles. The maximum atomic E-state index is 11.9. The van der Waals surface area contributed by atoms with Gasteiger partial charge >= 0.3 is 0 Å². The fourth-order valence-corrected chi connectivity index (χ4v) is 3.27. The molecule has 2 nitrogen and oxygen atoms in total. The van der Waals surface area contributed by atoms with E-state index in [1.165, 1.54) is 6.42 Å². The van der Waals surface area contributed by atoms with Gasteiger partial charge < -0.3 is 5.32 Å². The number of rotatable bonds is 3. The van der Waals surface area contributed by atoms with Gasteiger partial charge in [-0.1, -0.05) is 39.1 Å². The molecule has 1 aliphatic carbocycles. The van der Waals surface area contributed by atoms with Crippen LogP contribution in [0.2, 0.25) is 10.0 Å². The number of carbonyl (C=O) groups excluding carboxylic acids is 1. The first-order valence-corrected chi connectivity index (χ1v) is 7.60. The number of hydrogen-bond donors (Lipinski definition) is 1. The molecule has 1 amide bonds. The molecule has 0 saturated heterocycles. The van der Waals surface area contributed by atoms with Gasteiger partial charge in [0.25, 0.3) is 5.91 Å². The summed E-state index contributed by atoms with van der Waals surface area (Å²) in [6.07, 6.45) is 3.48. The van der Waals surface area contributed by atoms with E-state index in [0.717, 1.165) is 19.4 Å². The zero-order valence-corrected chi connectivity index (χ0v) is 12.9. The Hall–Kier alpha value is -0.250. The molecule has 5 heteroatoms. The quantitative estimate of drug-likeness (QED) is 0.809. The molecule has 0 spiro atoms. The lowest BCUT2D eigenvalue weighted by Crippen LogP contribution is -2.28. The maximum Gasteiger partial charge on any atom is 0.251 e. The third-order valence-corrected chi connectivity index (χ3v) is 4.78. The van der Waals surface area contributed by atoms with Crippen molar-refractivity contribution in [3.05, 3.63) is 33.8 Å². The molecule has 2 unspecified atom stereocenters. The number of nitrogens with one attached hydrogen (secondary N) is 1. The lowest BCUT2D eigenvalue weighted by Gasteiger charge is -2.11. The molecule has 1 aromatic rings. The summed E-state index contributed by atoms with van der Waals surface area (Å²) in [5.74, 6) is 0.479. The molecular formula is C13H14BrCl2NO. The van der Waals surface area contributed by atoms with Crippen molar-refractivity contribution in [2.24, 2.45) is 5.92 Å². The van der Waals surface area contributed by atoms with E-state index in [1.807, 2.05) is 0 Å². The summed E-state index contributed by atoms with van der Waals surface area (Å²) in [6.45, 7) is 0.723. The summed E-state index contributed by atoms with van der Waals surface area (Å²) in [7, 11) is 0. The number of benzene rings is 1. The first kappa shape index (κ1) is 14.2. The fourth-order valence-electron chi connectivity index (χ4n) is 2.18. The predicted molar refractivity (Wildman–Crippen MR) is 78.9 cm³/mol. The average molecular weight is 351 g/mol. The molecule has 1 fully saturated rings. The van der Waals surface area contributed by atoms with Gasteiger partial charge in [-0.2, -0.15) is 0 Å². The van der Waals surface area contributed by atoms with Gasteiger partial charge in [0.05, 0.1) is 10.0 Å². The number of alkyl halides is 1. The average Bonchev–Trinajstić information content (AvgIpc) is 2.75. The Morgan fingerprint density at radius 3 is 2.72 bits per heavy atom. The molecule has 2 rings (SSSR count). The van der Waals surface area contributed by atoms with Gasteiger partial charge in [-0.15, -0.1) is 0 Å². The van der Waals surface area contributed by atoms with Crippen molar-refractivity contribution in [3.8, 4) is 0 Å². The Kier molecular flexibility index (Phi) is 4.93. The summed E-state index contributed by atoms with van der Waals surface area (Å²) >= 11 is 15.3. The van der Waals surface area contributed by atoms with Crippen molar-refractivity contribution >= 4 is 45.0 Å². The molecule has 0 radical (unpaired) electrons. The molecule has 1 aromatic carbocycles. The molecular weight excluding hydrogens is 337 g/mol. The van der Waals surface area contributed by atoms with E-state index in [0.29, 0.717) is 26.4 Å². The molecule has 2 atom stereocenters. The monoisotopic (exact) mass is 349 g/mol. The van der Waals surface area contributed by atoms with Crippen molar-refractivity contribution < 1.29 is 4.79 Å². The first-order valence-electron chi connectivity index (χ1n) is 5.93. The number of halogens is 3. The normalized spacial score (nSPS) is 23.1. The van der Waals surface area contributed by atoms with E-state index >= 15 is 0 Å². The first-order chi connectivity index (χ1) is 8.56. The summed E-state index contributed by atoms with van der Waals surface area (Å²) < 4.78 is 0. The molecule has 1 saturated carbocycles. The van der Waals surface area contributed by atoms with Crippen molar-refractivity contribution in [1.29, 1.82) is 0 Å². The Morgan fingerprint density at radius 1 is 1.33 bits per heavy atom. The topological polar surface area (TPSA) is 29.1 Å². The molecule has 1 aliphatic rings. The highest BCUT2D eigenvalue weighted by Gasteiger charge is 2.22. The maximum absolute atomic E-state index is 11.9. The van der Waals surface area contributed by atoms with E-state index in [9.17, 15) is 4.79 Å². The van der Waals surface area contributed by atoms with Gasteiger partial charge in [0, 0.05) is 16.9 Å². The standard InChI is InChI=1S/C13H14BrCl2NO/c14-10-3-1-8(5-10)7-17-13(18)9-2-4-11(15)12(16)6-9/h2,4,6,8,10H,1,3,5,7H2,(H,17,18). The molecule has 1 N–H and O–H groups in total. The summed E-state index contributed by atoms with van der Waals surface area (Å²) in [5.41, 5.74) is 0.554. The minimum absolute atomic E-state index is 0.0911. The van der Waals surface area contributed by atoms with Gasteiger partial charge in [-0.25, -0.2) is 0 Å². The largest absolute Gasteiger partial charge is 0.352 e.